The highest BCUT2D eigenvalue weighted by Crippen LogP contribution is 2.19. The third-order valence-corrected chi connectivity index (χ3v) is 6.32. The van der Waals surface area contributed by atoms with Gasteiger partial charge in [-0.1, -0.05) is 96.4 Å². The fraction of sp³-hybridized carbons (Fsp3) is 0.500. The van der Waals surface area contributed by atoms with E-state index in [0.29, 0.717) is 24.0 Å². The maximum Gasteiger partial charge on any atom is 0.373 e. The molecule has 0 aliphatic rings. The van der Waals surface area contributed by atoms with Crippen molar-refractivity contribution >= 4 is 11.9 Å². The molecule has 0 atom stereocenters. The first-order valence-corrected chi connectivity index (χ1v) is 14.2. The quantitative estimate of drug-likeness (QED) is 0.0980. The van der Waals surface area contributed by atoms with Crippen molar-refractivity contribution in [3.63, 3.8) is 0 Å². The molecule has 38 heavy (non-hydrogen) atoms. The molecule has 2 radical (unpaired) electrons. The Kier molecular flexibility index (Phi) is 16.1. The second kappa shape index (κ2) is 19.4. The van der Waals surface area contributed by atoms with Crippen molar-refractivity contribution < 1.29 is 29.1 Å². The second-order valence-corrected chi connectivity index (χ2v) is 9.61. The number of benzene rings is 2. The standard InChI is InChI=1S/C32H44O6/c1-4-7-10-13-15-26-18-22-28(23-19-26)31(33)37-35-30(17-12-9-6-3)36-38-32(34)29-24-20-27(21-25-29)16-14-11-8-5-2/h18-25H,3-17H2,1-2H3. The molecule has 0 fully saturated rings. The monoisotopic (exact) mass is 524 g/mol. The Morgan fingerprint density at radius 1 is 0.579 bits per heavy atom. The minimum atomic E-state index is -0.651. The van der Waals surface area contributed by atoms with Gasteiger partial charge in [0.2, 0.25) is 0 Å². The molecule has 0 saturated heterocycles. The van der Waals surface area contributed by atoms with Crippen molar-refractivity contribution in [2.24, 2.45) is 0 Å². The summed E-state index contributed by atoms with van der Waals surface area (Å²) < 4.78 is 0. The largest absolute Gasteiger partial charge is 0.373 e. The molecule has 0 N–H and O–H groups in total. The number of hydrogen-bond donors (Lipinski definition) is 0. The lowest BCUT2D eigenvalue weighted by Gasteiger charge is -2.13. The molecule has 6 heteroatoms. The first-order chi connectivity index (χ1) is 18.6. The van der Waals surface area contributed by atoms with Crippen molar-refractivity contribution in [3.05, 3.63) is 84.0 Å². The van der Waals surface area contributed by atoms with Crippen molar-refractivity contribution in [3.8, 4) is 0 Å². The fourth-order valence-corrected chi connectivity index (χ4v) is 3.93. The molecule has 0 saturated carbocycles. The molecule has 2 rings (SSSR count). The van der Waals surface area contributed by atoms with E-state index in [1.54, 1.807) is 24.3 Å². The maximum atomic E-state index is 12.5. The summed E-state index contributed by atoms with van der Waals surface area (Å²) in [6.45, 7) is 8.20. The average Bonchev–Trinajstić information content (AvgIpc) is 2.95. The smallest absolute Gasteiger partial charge is 0.289 e. The van der Waals surface area contributed by atoms with Gasteiger partial charge in [-0.05, 0) is 67.5 Å². The van der Waals surface area contributed by atoms with E-state index in [-0.39, 0.29) is 6.29 Å². The Morgan fingerprint density at radius 3 is 1.42 bits per heavy atom. The number of carbonyl (C=O) groups is 2. The lowest BCUT2D eigenvalue weighted by Crippen LogP contribution is -2.16. The van der Waals surface area contributed by atoms with Crippen molar-refractivity contribution in [1.82, 2.24) is 0 Å². The topological polar surface area (TPSA) is 71.1 Å². The SMILES string of the molecule is [CH2]CCCC[C](OOC(=O)c1ccc(CCCCCC)cc1)OOC(=O)c1ccc(CCCCCC)cc1. The van der Waals surface area contributed by atoms with Gasteiger partial charge in [0.15, 0.2) is 0 Å². The number of unbranched alkanes of at least 4 members (excludes halogenated alkanes) is 8. The number of carbonyl (C=O) groups excluding carboxylic acids is 2. The Labute approximate surface area is 228 Å². The van der Waals surface area contributed by atoms with Gasteiger partial charge in [0, 0.05) is 6.42 Å². The minimum Gasteiger partial charge on any atom is -0.289 e. The Bertz CT molecular complexity index is 835. The average molecular weight is 525 g/mol. The number of aryl methyl sites for hydroxylation is 2. The van der Waals surface area contributed by atoms with Crippen LogP contribution in [0.25, 0.3) is 0 Å². The van der Waals surface area contributed by atoms with Crippen LogP contribution in [0.5, 0.6) is 0 Å². The first-order valence-electron chi connectivity index (χ1n) is 14.2. The molecule has 0 spiro atoms. The number of hydrogen-bond acceptors (Lipinski definition) is 6. The van der Waals surface area contributed by atoms with E-state index in [4.69, 9.17) is 19.6 Å². The maximum absolute atomic E-state index is 12.5. The number of rotatable bonds is 20. The molecular weight excluding hydrogens is 480 g/mol. The van der Waals surface area contributed by atoms with Crippen LogP contribution in [-0.4, -0.2) is 11.9 Å². The molecular formula is C32H44O6. The van der Waals surface area contributed by atoms with Gasteiger partial charge in [-0.2, -0.15) is 0 Å². The molecule has 0 aromatic heterocycles. The summed E-state index contributed by atoms with van der Waals surface area (Å²) in [5.41, 5.74) is 3.09. The van der Waals surface area contributed by atoms with E-state index in [1.165, 1.54) is 49.7 Å². The van der Waals surface area contributed by atoms with E-state index in [9.17, 15) is 9.59 Å². The van der Waals surface area contributed by atoms with Gasteiger partial charge in [-0.15, -0.1) is 9.78 Å². The van der Waals surface area contributed by atoms with Gasteiger partial charge in [0.25, 0.3) is 0 Å². The fourth-order valence-electron chi connectivity index (χ4n) is 3.93. The van der Waals surface area contributed by atoms with E-state index in [1.807, 2.05) is 24.3 Å². The highest BCUT2D eigenvalue weighted by molar-refractivity contribution is 5.89. The van der Waals surface area contributed by atoms with Crippen LogP contribution in [0.4, 0.5) is 0 Å². The van der Waals surface area contributed by atoms with Crippen LogP contribution in [0.1, 0.15) is 123 Å². The van der Waals surface area contributed by atoms with Gasteiger partial charge in [-0.25, -0.2) is 9.59 Å². The highest BCUT2D eigenvalue weighted by Gasteiger charge is 2.21. The molecule has 0 aliphatic carbocycles. The van der Waals surface area contributed by atoms with Crippen LogP contribution in [0.2, 0.25) is 0 Å². The molecule has 6 nitrogen and oxygen atoms in total. The summed E-state index contributed by atoms with van der Waals surface area (Å²) in [4.78, 5) is 45.2. The van der Waals surface area contributed by atoms with E-state index in [2.05, 4.69) is 20.8 Å². The summed E-state index contributed by atoms with van der Waals surface area (Å²) in [5, 5.41) is 0. The summed E-state index contributed by atoms with van der Waals surface area (Å²) in [5.74, 6) is -1.30. The zero-order chi connectivity index (χ0) is 27.4. The summed E-state index contributed by atoms with van der Waals surface area (Å²) in [6.07, 6.45) is 13.9. The predicted octanol–water partition coefficient (Wildman–Crippen LogP) is 8.69. The molecule has 0 bridgehead atoms. The van der Waals surface area contributed by atoms with E-state index in [0.717, 1.165) is 38.5 Å². The molecule has 0 unspecified atom stereocenters. The van der Waals surface area contributed by atoms with E-state index >= 15 is 0 Å². The molecule has 2 aromatic rings. The second-order valence-electron chi connectivity index (χ2n) is 9.61. The van der Waals surface area contributed by atoms with Crippen LogP contribution >= 0.6 is 0 Å². The van der Waals surface area contributed by atoms with Crippen LogP contribution in [-0.2, 0) is 32.4 Å². The van der Waals surface area contributed by atoms with Crippen LogP contribution in [0.15, 0.2) is 48.5 Å². The minimum absolute atomic E-state index is 0.0970. The van der Waals surface area contributed by atoms with Crippen LogP contribution in [0, 0.1) is 13.2 Å². The summed E-state index contributed by atoms with van der Waals surface area (Å²) in [7, 11) is 0. The van der Waals surface area contributed by atoms with Gasteiger partial charge in [0.1, 0.15) is 0 Å². The Balaban J connectivity index is 1.82. The lowest BCUT2D eigenvalue weighted by atomic mass is 10.0. The first kappa shape index (κ1) is 31.5. The molecule has 0 amide bonds. The third kappa shape index (κ3) is 12.7. The highest BCUT2D eigenvalue weighted by atomic mass is 17.3. The van der Waals surface area contributed by atoms with Crippen molar-refractivity contribution in [2.45, 2.75) is 104 Å². The molecule has 2 aromatic carbocycles. The zero-order valence-electron chi connectivity index (χ0n) is 23.2. The molecule has 0 heterocycles. The van der Waals surface area contributed by atoms with Crippen LogP contribution < -0.4 is 0 Å². The normalized spacial score (nSPS) is 11.1. The Hall–Kier alpha value is -2.70. The van der Waals surface area contributed by atoms with Crippen molar-refractivity contribution in [2.75, 3.05) is 0 Å². The third-order valence-electron chi connectivity index (χ3n) is 6.32. The van der Waals surface area contributed by atoms with E-state index < -0.39 is 11.9 Å². The predicted molar refractivity (Wildman–Crippen MR) is 149 cm³/mol. The van der Waals surface area contributed by atoms with Gasteiger partial charge in [-0.3, -0.25) is 9.78 Å². The summed E-state index contributed by atoms with van der Waals surface area (Å²) in [6, 6.07) is 14.6. The van der Waals surface area contributed by atoms with Gasteiger partial charge >= 0.3 is 18.2 Å². The molecule has 208 valence electrons. The summed E-state index contributed by atoms with van der Waals surface area (Å²) >= 11 is 0. The Morgan fingerprint density at radius 2 is 1.03 bits per heavy atom. The molecule has 0 aliphatic heterocycles. The van der Waals surface area contributed by atoms with Crippen molar-refractivity contribution in [1.29, 1.82) is 0 Å². The van der Waals surface area contributed by atoms with Gasteiger partial charge < -0.3 is 0 Å². The zero-order valence-corrected chi connectivity index (χ0v) is 23.2. The van der Waals surface area contributed by atoms with Crippen LogP contribution in [0.3, 0.4) is 0 Å². The van der Waals surface area contributed by atoms with Gasteiger partial charge in [0.05, 0.1) is 11.1 Å². The lowest BCUT2D eigenvalue weighted by molar-refractivity contribution is -0.363.